The molecule has 0 bridgehead atoms. The zero-order chi connectivity index (χ0) is 23.1. The predicted molar refractivity (Wildman–Crippen MR) is 127 cm³/mol. The molecule has 2 N–H and O–H groups in total. The van der Waals surface area contributed by atoms with Crippen molar-refractivity contribution in [1.29, 1.82) is 0 Å². The Hall–Kier alpha value is -4.27. The molecule has 1 saturated heterocycles. The van der Waals surface area contributed by atoms with E-state index >= 15 is 0 Å². The van der Waals surface area contributed by atoms with Crippen molar-refractivity contribution in [3.05, 3.63) is 78.6 Å². The van der Waals surface area contributed by atoms with E-state index < -0.39 is 0 Å². The van der Waals surface area contributed by atoms with Crippen LogP contribution in [0.25, 0.3) is 28.1 Å². The number of pyridine rings is 1. The van der Waals surface area contributed by atoms with Crippen LogP contribution < -0.4 is 5.32 Å². The third-order valence-corrected chi connectivity index (χ3v) is 6.18. The molecule has 1 aromatic carbocycles. The van der Waals surface area contributed by atoms with Crippen LogP contribution in [-0.2, 0) is 0 Å². The lowest BCUT2D eigenvalue weighted by Crippen LogP contribution is -2.45. The van der Waals surface area contributed by atoms with E-state index in [0.29, 0.717) is 35.2 Å². The Morgan fingerprint density at radius 2 is 2.06 bits per heavy atom. The average Bonchev–Trinajstić information content (AvgIpc) is 3.48. The lowest BCUT2D eigenvalue weighted by atomic mass is 10.1. The molecule has 1 aliphatic rings. The number of piperidine rings is 1. The summed E-state index contributed by atoms with van der Waals surface area (Å²) in [6, 6.07) is 14.6. The number of aromatic amines is 1. The van der Waals surface area contributed by atoms with Gasteiger partial charge in [0.05, 0.1) is 6.20 Å². The van der Waals surface area contributed by atoms with Crippen molar-refractivity contribution in [3.8, 4) is 11.5 Å². The zero-order valence-corrected chi connectivity index (χ0v) is 18.3. The van der Waals surface area contributed by atoms with Gasteiger partial charge in [0, 0.05) is 42.4 Å². The molecule has 5 aromatic rings. The molecule has 1 atom stereocenters. The molecular formula is C25H22FN7O. The van der Waals surface area contributed by atoms with Gasteiger partial charge in [0.1, 0.15) is 28.7 Å². The van der Waals surface area contributed by atoms with Crippen LogP contribution in [0.4, 0.5) is 10.2 Å². The molecule has 4 aromatic heterocycles. The summed E-state index contributed by atoms with van der Waals surface area (Å²) in [5.41, 5.74) is 2.79. The van der Waals surface area contributed by atoms with Crippen molar-refractivity contribution in [2.75, 3.05) is 18.4 Å². The number of carbonyl (C=O) groups is 1. The molecule has 0 spiro atoms. The number of nitrogens with one attached hydrogen (secondary N) is 2. The number of rotatable bonds is 4. The number of halogens is 1. The summed E-state index contributed by atoms with van der Waals surface area (Å²) in [5, 5.41) is 4.47. The minimum absolute atomic E-state index is 0.00108. The summed E-state index contributed by atoms with van der Waals surface area (Å²) in [5.74, 6) is 0.743. The molecule has 5 heterocycles. The summed E-state index contributed by atoms with van der Waals surface area (Å²) in [7, 11) is 0. The molecule has 1 fully saturated rings. The number of H-pyrrole nitrogens is 1. The molecule has 1 unspecified atom stereocenters. The third kappa shape index (κ3) is 3.75. The number of aromatic nitrogens is 5. The molecule has 1 aliphatic heterocycles. The second-order valence-electron chi connectivity index (χ2n) is 8.49. The standard InChI is InChI=1S/C25H22FN7O/c26-17-7-8-23-28-13-21(33(23)14-17)24-27-10-9-22(31-24)29-18-5-3-11-32(15-18)25(34)20-12-16-4-1-2-6-19(16)30-20/h1-2,4,6-10,12-14,18,30H,3,5,11,15H2,(H,27,29,31). The number of imidazole rings is 1. The van der Waals surface area contributed by atoms with Gasteiger partial charge < -0.3 is 15.2 Å². The van der Waals surface area contributed by atoms with Crippen molar-refractivity contribution < 1.29 is 9.18 Å². The number of carbonyl (C=O) groups excluding carboxylic acids is 1. The van der Waals surface area contributed by atoms with E-state index in [1.807, 2.05) is 35.2 Å². The number of likely N-dealkylation sites (tertiary alicyclic amines) is 1. The monoisotopic (exact) mass is 455 g/mol. The Morgan fingerprint density at radius 3 is 2.97 bits per heavy atom. The Labute approximate surface area is 194 Å². The van der Waals surface area contributed by atoms with Crippen molar-refractivity contribution in [3.63, 3.8) is 0 Å². The summed E-state index contributed by atoms with van der Waals surface area (Å²) in [6.07, 6.45) is 6.50. The zero-order valence-electron chi connectivity index (χ0n) is 18.3. The van der Waals surface area contributed by atoms with Crippen LogP contribution in [0.15, 0.2) is 67.1 Å². The van der Waals surface area contributed by atoms with Crippen molar-refractivity contribution in [2.24, 2.45) is 0 Å². The summed E-state index contributed by atoms with van der Waals surface area (Å²) < 4.78 is 15.4. The van der Waals surface area contributed by atoms with Crippen LogP contribution in [-0.4, -0.2) is 54.3 Å². The molecule has 8 nitrogen and oxygen atoms in total. The van der Waals surface area contributed by atoms with E-state index in [0.717, 1.165) is 30.3 Å². The maximum atomic E-state index is 13.7. The second kappa shape index (κ2) is 8.26. The van der Waals surface area contributed by atoms with Crippen molar-refractivity contribution >= 4 is 28.3 Å². The number of hydrogen-bond acceptors (Lipinski definition) is 5. The lowest BCUT2D eigenvalue weighted by molar-refractivity contribution is 0.0709. The van der Waals surface area contributed by atoms with Crippen LogP contribution >= 0.6 is 0 Å². The van der Waals surface area contributed by atoms with Gasteiger partial charge in [-0.1, -0.05) is 18.2 Å². The van der Waals surface area contributed by atoms with Crippen LogP contribution in [0.5, 0.6) is 0 Å². The van der Waals surface area contributed by atoms with E-state index in [4.69, 9.17) is 0 Å². The highest BCUT2D eigenvalue weighted by Gasteiger charge is 2.26. The van der Waals surface area contributed by atoms with E-state index in [2.05, 4.69) is 25.3 Å². The Kier molecular flexibility index (Phi) is 4.94. The number of fused-ring (bicyclic) bond motifs is 2. The molecule has 34 heavy (non-hydrogen) atoms. The normalized spacial score (nSPS) is 16.3. The highest BCUT2D eigenvalue weighted by Crippen LogP contribution is 2.22. The smallest absolute Gasteiger partial charge is 0.270 e. The number of anilines is 1. The number of nitrogens with zero attached hydrogens (tertiary/aromatic N) is 5. The molecule has 1 amide bonds. The fourth-order valence-electron chi connectivity index (χ4n) is 4.53. The molecule has 170 valence electrons. The minimum Gasteiger partial charge on any atom is -0.365 e. The predicted octanol–water partition coefficient (Wildman–Crippen LogP) is 4.13. The van der Waals surface area contributed by atoms with E-state index in [-0.39, 0.29) is 17.8 Å². The molecule has 9 heteroatoms. The van der Waals surface area contributed by atoms with Gasteiger partial charge in [0.15, 0.2) is 5.82 Å². The number of hydrogen-bond donors (Lipinski definition) is 2. The van der Waals surface area contributed by atoms with Gasteiger partial charge in [-0.05, 0) is 43.2 Å². The number of para-hydroxylation sites is 1. The fourth-order valence-corrected chi connectivity index (χ4v) is 4.53. The van der Waals surface area contributed by atoms with Gasteiger partial charge in [0.2, 0.25) is 0 Å². The van der Waals surface area contributed by atoms with Crippen molar-refractivity contribution in [1.82, 2.24) is 29.2 Å². The first kappa shape index (κ1) is 20.3. The Bertz CT molecular complexity index is 1470. The molecule has 6 rings (SSSR count). The molecule has 0 aliphatic carbocycles. The summed E-state index contributed by atoms with van der Waals surface area (Å²) in [4.78, 5) is 31.5. The highest BCUT2D eigenvalue weighted by molar-refractivity contribution is 5.98. The second-order valence-corrected chi connectivity index (χ2v) is 8.49. The maximum absolute atomic E-state index is 13.7. The van der Waals surface area contributed by atoms with Gasteiger partial charge in [-0.2, -0.15) is 0 Å². The van der Waals surface area contributed by atoms with Crippen LogP contribution in [0, 0.1) is 5.82 Å². The van der Waals surface area contributed by atoms with Crippen LogP contribution in [0.1, 0.15) is 23.3 Å². The first-order valence-corrected chi connectivity index (χ1v) is 11.2. The van der Waals surface area contributed by atoms with Crippen LogP contribution in [0.3, 0.4) is 0 Å². The van der Waals surface area contributed by atoms with E-state index in [1.54, 1.807) is 28.9 Å². The summed E-state index contributed by atoms with van der Waals surface area (Å²) in [6.45, 7) is 1.29. The van der Waals surface area contributed by atoms with Gasteiger partial charge in [-0.3, -0.25) is 9.20 Å². The topological polar surface area (TPSA) is 91.2 Å². The fraction of sp³-hybridized carbons (Fsp3) is 0.200. The molecular weight excluding hydrogens is 433 g/mol. The van der Waals surface area contributed by atoms with Crippen LogP contribution in [0.2, 0.25) is 0 Å². The largest absolute Gasteiger partial charge is 0.365 e. The first-order valence-electron chi connectivity index (χ1n) is 11.2. The quantitative estimate of drug-likeness (QED) is 0.425. The minimum atomic E-state index is -0.358. The first-order chi connectivity index (χ1) is 16.6. The number of benzene rings is 1. The van der Waals surface area contributed by atoms with Gasteiger partial charge in [-0.15, -0.1) is 0 Å². The van der Waals surface area contributed by atoms with Gasteiger partial charge >= 0.3 is 0 Å². The molecule has 0 radical (unpaired) electrons. The Balaban J connectivity index is 1.20. The van der Waals surface area contributed by atoms with Crippen molar-refractivity contribution in [2.45, 2.75) is 18.9 Å². The number of amides is 1. The highest BCUT2D eigenvalue weighted by atomic mass is 19.1. The third-order valence-electron chi connectivity index (χ3n) is 6.18. The SMILES string of the molecule is O=C(c1cc2ccccc2[nH]1)N1CCCC(Nc2ccnc(-c3cnc4ccc(F)cn34)n2)C1. The van der Waals surface area contributed by atoms with Gasteiger partial charge in [-0.25, -0.2) is 19.3 Å². The Morgan fingerprint density at radius 1 is 1.15 bits per heavy atom. The van der Waals surface area contributed by atoms with E-state index in [1.165, 1.54) is 12.3 Å². The lowest BCUT2D eigenvalue weighted by Gasteiger charge is -2.33. The van der Waals surface area contributed by atoms with Gasteiger partial charge in [0.25, 0.3) is 5.91 Å². The molecule has 0 saturated carbocycles. The average molecular weight is 455 g/mol. The maximum Gasteiger partial charge on any atom is 0.270 e. The van der Waals surface area contributed by atoms with E-state index in [9.17, 15) is 9.18 Å². The summed E-state index contributed by atoms with van der Waals surface area (Å²) >= 11 is 0.